The number of thioether (sulfide) groups is 1. The van der Waals surface area contributed by atoms with Crippen molar-refractivity contribution < 1.29 is 4.79 Å². The third-order valence-corrected chi connectivity index (χ3v) is 4.44. The number of aromatic nitrogens is 1. The predicted octanol–water partition coefficient (Wildman–Crippen LogP) is 4.27. The van der Waals surface area contributed by atoms with Gasteiger partial charge in [-0.15, -0.1) is 23.1 Å². The molecule has 20 heavy (non-hydrogen) atoms. The number of benzene rings is 2. The molecule has 0 aliphatic carbocycles. The van der Waals surface area contributed by atoms with Crippen LogP contribution in [0.5, 0.6) is 0 Å². The molecular weight excluding hydrogens is 288 g/mol. The van der Waals surface area contributed by atoms with Crippen LogP contribution in [-0.4, -0.2) is 17.1 Å². The number of nitrogens with one attached hydrogen (secondary N) is 1. The molecule has 0 atom stereocenters. The van der Waals surface area contributed by atoms with Crippen molar-refractivity contribution in [3.8, 4) is 0 Å². The molecule has 3 rings (SSSR count). The lowest BCUT2D eigenvalue weighted by atomic mass is 10.2. The maximum absolute atomic E-state index is 12.2. The van der Waals surface area contributed by atoms with Crippen molar-refractivity contribution in [2.24, 2.45) is 0 Å². The van der Waals surface area contributed by atoms with Crippen LogP contribution in [0.3, 0.4) is 0 Å². The maximum Gasteiger partial charge on any atom is 0.255 e. The van der Waals surface area contributed by atoms with Crippen LogP contribution < -0.4 is 5.32 Å². The molecule has 1 amide bonds. The molecule has 0 saturated carbocycles. The van der Waals surface area contributed by atoms with Crippen LogP contribution in [0, 0.1) is 0 Å². The molecule has 0 aliphatic rings. The second kappa shape index (κ2) is 5.64. The van der Waals surface area contributed by atoms with Crippen molar-refractivity contribution >= 4 is 44.9 Å². The Morgan fingerprint density at radius 1 is 1.25 bits per heavy atom. The number of anilines is 1. The van der Waals surface area contributed by atoms with E-state index in [2.05, 4.69) is 10.3 Å². The van der Waals surface area contributed by atoms with Crippen molar-refractivity contribution in [1.29, 1.82) is 0 Å². The van der Waals surface area contributed by atoms with Gasteiger partial charge in [-0.1, -0.05) is 6.07 Å². The first-order valence-corrected chi connectivity index (χ1v) is 8.15. The Morgan fingerprint density at radius 3 is 3.00 bits per heavy atom. The Bertz CT molecular complexity index is 767. The van der Waals surface area contributed by atoms with Crippen molar-refractivity contribution in [3.05, 3.63) is 53.5 Å². The van der Waals surface area contributed by atoms with Gasteiger partial charge < -0.3 is 5.32 Å². The highest BCUT2D eigenvalue weighted by Gasteiger charge is 2.07. The standard InChI is InChI=1S/C15H12N2OS2/c1-19-12-4-2-3-10(7-12)15(18)17-11-5-6-13-14(8-11)20-9-16-13/h2-9H,1H3,(H,17,18). The van der Waals surface area contributed by atoms with Crippen molar-refractivity contribution in [1.82, 2.24) is 4.98 Å². The van der Waals surface area contributed by atoms with Gasteiger partial charge >= 0.3 is 0 Å². The number of nitrogens with zero attached hydrogens (tertiary/aromatic N) is 1. The van der Waals surface area contributed by atoms with E-state index in [1.165, 1.54) is 0 Å². The van der Waals surface area contributed by atoms with E-state index in [1.807, 2.05) is 48.7 Å². The first kappa shape index (κ1) is 13.1. The van der Waals surface area contributed by atoms with E-state index >= 15 is 0 Å². The van der Waals surface area contributed by atoms with Crippen LogP contribution in [0.15, 0.2) is 52.9 Å². The number of carbonyl (C=O) groups excluding carboxylic acids is 1. The van der Waals surface area contributed by atoms with Gasteiger partial charge in [0.2, 0.25) is 0 Å². The fourth-order valence-electron chi connectivity index (χ4n) is 1.90. The molecule has 1 N–H and O–H groups in total. The molecule has 0 fully saturated rings. The van der Waals surface area contributed by atoms with Crippen molar-refractivity contribution in [2.45, 2.75) is 4.90 Å². The van der Waals surface area contributed by atoms with Crippen molar-refractivity contribution in [2.75, 3.05) is 11.6 Å². The van der Waals surface area contributed by atoms with Crippen LogP contribution in [0.25, 0.3) is 10.2 Å². The number of thiazole rings is 1. The predicted molar refractivity (Wildman–Crippen MR) is 85.8 cm³/mol. The van der Waals surface area contributed by atoms with Gasteiger partial charge in [-0.05, 0) is 42.7 Å². The van der Waals surface area contributed by atoms with Gasteiger partial charge in [-0.3, -0.25) is 4.79 Å². The fraction of sp³-hybridized carbons (Fsp3) is 0.0667. The number of hydrogen-bond acceptors (Lipinski definition) is 4. The van der Waals surface area contributed by atoms with E-state index in [1.54, 1.807) is 28.6 Å². The van der Waals surface area contributed by atoms with Crippen molar-refractivity contribution in [3.63, 3.8) is 0 Å². The third-order valence-electron chi connectivity index (χ3n) is 2.92. The summed E-state index contributed by atoms with van der Waals surface area (Å²) in [4.78, 5) is 17.5. The van der Waals surface area contributed by atoms with Gasteiger partial charge in [0.25, 0.3) is 5.91 Å². The molecule has 1 heterocycles. The van der Waals surface area contributed by atoms with Crippen LogP contribution >= 0.6 is 23.1 Å². The van der Waals surface area contributed by atoms with Gasteiger partial charge in [-0.2, -0.15) is 0 Å². The molecule has 0 spiro atoms. The molecule has 3 aromatic rings. The highest BCUT2D eigenvalue weighted by Crippen LogP contribution is 2.22. The smallest absolute Gasteiger partial charge is 0.255 e. The molecule has 0 unspecified atom stereocenters. The number of rotatable bonds is 3. The number of fused-ring (bicyclic) bond motifs is 1. The molecule has 5 heteroatoms. The van der Waals surface area contributed by atoms with E-state index in [-0.39, 0.29) is 5.91 Å². The fourth-order valence-corrected chi connectivity index (χ4v) is 3.08. The zero-order valence-corrected chi connectivity index (χ0v) is 12.4. The number of hydrogen-bond donors (Lipinski definition) is 1. The second-order valence-corrected chi connectivity index (χ2v) is 5.99. The van der Waals surface area contributed by atoms with E-state index in [0.29, 0.717) is 5.56 Å². The monoisotopic (exact) mass is 300 g/mol. The normalized spacial score (nSPS) is 10.7. The van der Waals surface area contributed by atoms with Gasteiger partial charge in [0.15, 0.2) is 0 Å². The van der Waals surface area contributed by atoms with Crippen LogP contribution in [0.1, 0.15) is 10.4 Å². The SMILES string of the molecule is CSc1cccc(C(=O)Nc2ccc3ncsc3c2)c1. The summed E-state index contributed by atoms with van der Waals surface area (Å²) in [6, 6.07) is 13.3. The summed E-state index contributed by atoms with van der Waals surface area (Å²) in [6.07, 6.45) is 1.99. The van der Waals surface area contributed by atoms with Crippen LogP contribution in [0.2, 0.25) is 0 Å². The van der Waals surface area contributed by atoms with E-state index < -0.39 is 0 Å². The molecule has 1 aromatic heterocycles. The van der Waals surface area contributed by atoms with Gasteiger partial charge in [-0.25, -0.2) is 4.98 Å². The minimum Gasteiger partial charge on any atom is -0.322 e. The zero-order chi connectivity index (χ0) is 13.9. The Morgan fingerprint density at radius 2 is 2.15 bits per heavy atom. The Balaban J connectivity index is 1.83. The minimum atomic E-state index is -0.0928. The average Bonchev–Trinajstić information content (AvgIpc) is 2.95. The molecule has 0 radical (unpaired) electrons. The van der Waals surface area contributed by atoms with Gasteiger partial charge in [0, 0.05) is 16.1 Å². The Kier molecular flexibility index (Phi) is 3.71. The van der Waals surface area contributed by atoms with Gasteiger partial charge in [0.1, 0.15) is 0 Å². The maximum atomic E-state index is 12.2. The topological polar surface area (TPSA) is 42.0 Å². The quantitative estimate of drug-likeness (QED) is 0.734. The third kappa shape index (κ3) is 2.69. The molecule has 0 bridgehead atoms. The van der Waals surface area contributed by atoms with E-state index in [9.17, 15) is 4.79 Å². The summed E-state index contributed by atoms with van der Waals surface area (Å²) in [5.74, 6) is -0.0928. The highest BCUT2D eigenvalue weighted by atomic mass is 32.2. The molecule has 100 valence electrons. The number of amides is 1. The largest absolute Gasteiger partial charge is 0.322 e. The van der Waals surface area contributed by atoms with E-state index in [4.69, 9.17) is 0 Å². The summed E-state index contributed by atoms with van der Waals surface area (Å²) < 4.78 is 1.07. The molecular formula is C15H12N2OS2. The average molecular weight is 300 g/mol. The van der Waals surface area contributed by atoms with Gasteiger partial charge in [0.05, 0.1) is 15.7 Å². The van der Waals surface area contributed by atoms with Crippen LogP contribution in [-0.2, 0) is 0 Å². The first-order chi connectivity index (χ1) is 9.76. The number of carbonyl (C=O) groups is 1. The lowest BCUT2D eigenvalue weighted by Crippen LogP contribution is -2.11. The summed E-state index contributed by atoms with van der Waals surface area (Å²) in [5, 5.41) is 2.92. The zero-order valence-electron chi connectivity index (χ0n) is 10.8. The lowest BCUT2D eigenvalue weighted by molar-refractivity contribution is 0.102. The second-order valence-electron chi connectivity index (χ2n) is 4.22. The summed E-state index contributed by atoms with van der Waals surface area (Å²) in [6.45, 7) is 0. The Labute approximate surface area is 125 Å². The van der Waals surface area contributed by atoms with Crippen LogP contribution in [0.4, 0.5) is 5.69 Å². The summed E-state index contributed by atoms with van der Waals surface area (Å²) in [7, 11) is 0. The minimum absolute atomic E-state index is 0.0928. The molecule has 0 aliphatic heterocycles. The van der Waals surface area contributed by atoms with E-state index in [0.717, 1.165) is 20.8 Å². The summed E-state index contributed by atoms with van der Waals surface area (Å²) >= 11 is 3.19. The highest BCUT2D eigenvalue weighted by molar-refractivity contribution is 7.98. The summed E-state index contributed by atoms with van der Waals surface area (Å²) in [5.41, 5.74) is 4.22. The lowest BCUT2D eigenvalue weighted by Gasteiger charge is -2.06. The Hall–Kier alpha value is -1.85. The molecule has 0 saturated heterocycles. The molecule has 3 nitrogen and oxygen atoms in total. The molecule has 2 aromatic carbocycles. The first-order valence-electron chi connectivity index (χ1n) is 6.05.